The lowest BCUT2D eigenvalue weighted by molar-refractivity contribution is -0.154. The van der Waals surface area contributed by atoms with Gasteiger partial charge in [0.05, 0.1) is 17.8 Å². The molecule has 1 rings (SSSR count). The maximum Gasteiger partial charge on any atom is 0.128 e. The molecule has 1 N–H and O–H groups in total. The van der Waals surface area contributed by atoms with Crippen molar-refractivity contribution < 1.29 is 14.2 Å². The molecule has 1 aromatic carbocycles. The summed E-state index contributed by atoms with van der Waals surface area (Å²) in [6.07, 6.45) is 0. The lowest BCUT2D eigenvalue weighted by Crippen LogP contribution is -2.47. The van der Waals surface area contributed by atoms with Crippen molar-refractivity contribution in [2.45, 2.75) is 45.5 Å². The highest BCUT2D eigenvalue weighted by molar-refractivity contribution is 5.16. The van der Waals surface area contributed by atoms with Crippen molar-refractivity contribution in [1.29, 1.82) is 0 Å². The monoisotopic (exact) mass is 226 g/mol. The molecule has 0 aliphatic heterocycles. The van der Waals surface area contributed by atoms with Crippen LogP contribution >= 0.6 is 0 Å². The van der Waals surface area contributed by atoms with Gasteiger partial charge in [-0.05, 0) is 33.8 Å². The van der Waals surface area contributed by atoms with Gasteiger partial charge in [-0.15, -0.1) is 0 Å². The van der Waals surface area contributed by atoms with E-state index in [9.17, 15) is 9.50 Å². The van der Waals surface area contributed by atoms with E-state index in [0.29, 0.717) is 5.56 Å². The Morgan fingerprint density at radius 2 is 1.75 bits per heavy atom. The molecule has 0 bridgehead atoms. The summed E-state index contributed by atoms with van der Waals surface area (Å²) in [4.78, 5) is 0. The van der Waals surface area contributed by atoms with Crippen molar-refractivity contribution in [3.05, 3.63) is 35.6 Å². The second-order valence-electron chi connectivity index (χ2n) is 4.95. The molecule has 0 unspecified atom stereocenters. The van der Waals surface area contributed by atoms with Crippen LogP contribution in [0, 0.1) is 5.82 Å². The van der Waals surface area contributed by atoms with Crippen LogP contribution in [0.3, 0.4) is 0 Å². The Balaban J connectivity index is 2.69. The van der Waals surface area contributed by atoms with Crippen molar-refractivity contribution in [2.24, 2.45) is 0 Å². The Morgan fingerprint density at radius 3 is 2.25 bits per heavy atom. The Bertz CT molecular complexity index is 353. The van der Waals surface area contributed by atoms with Crippen molar-refractivity contribution in [3.8, 4) is 0 Å². The van der Waals surface area contributed by atoms with Gasteiger partial charge in [-0.2, -0.15) is 0 Å². The van der Waals surface area contributed by atoms with Gasteiger partial charge in [-0.1, -0.05) is 18.2 Å². The first kappa shape index (κ1) is 13.1. The molecule has 2 nitrogen and oxygen atoms in total. The molecule has 0 radical (unpaired) electrons. The van der Waals surface area contributed by atoms with Crippen LogP contribution in [-0.4, -0.2) is 16.3 Å². The molecule has 0 spiro atoms. The SMILES string of the molecule is CC(C)(O)C(C)(C)OCc1ccccc1F. The molecule has 0 fully saturated rings. The Hall–Kier alpha value is -0.930. The molecule has 16 heavy (non-hydrogen) atoms. The largest absolute Gasteiger partial charge is 0.387 e. The van der Waals surface area contributed by atoms with Crippen LogP contribution < -0.4 is 0 Å². The van der Waals surface area contributed by atoms with E-state index in [1.807, 2.05) is 0 Å². The van der Waals surface area contributed by atoms with Gasteiger partial charge in [0.25, 0.3) is 0 Å². The fraction of sp³-hybridized carbons (Fsp3) is 0.538. The lowest BCUT2D eigenvalue weighted by Gasteiger charge is -2.37. The number of rotatable bonds is 4. The van der Waals surface area contributed by atoms with Crippen LogP contribution in [-0.2, 0) is 11.3 Å². The van der Waals surface area contributed by atoms with Crippen LogP contribution in [0.1, 0.15) is 33.3 Å². The number of hydrogen-bond acceptors (Lipinski definition) is 2. The molecule has 90 valence electrons. The van der Waals surface area contributed by atoms with Crippen molar-refractivity contribution in [1.82, 2.24) is 0 Å². The summed E-state index contributed by atoms with van der Waals surface area (Å²) < 4.78 is 18.9. The first-order valence-electron chi connectivity index (χ1n) is 5.34. The Labute approximate surface area is 96.1 Å². The molecule has 3 heteroatoms. The molecule has 0 aliphatic rings. The van der Waals surface area contributed by atoms with Crippen molar-refractivity contribution in [2.75, 3.05) is 0 Å². The summed E-state index contributed by atoms with van der Waals surface area (Å²) in [5.41, 5.74) is -1.20. The summed E-state index contributed by atoms with van der Waals surface area (Å²) in [5.74, 6) is -0.283. The summed E-state index contributed by atoms with van der Waals surface area (Å²) in [7, 11) is 0. The van der Waals surface area contributed by atoms with Gasteiger partial charge in [0.1, 0.15) is 5.82 Å². The minimum absolute atomic E-state index is 0.156. The first-order valence-corrected chi connectivity index (χ1v) is 5.34. The Morgan fingerprint density at radius 1 is 1.19 bits per heavy atom. The second-order valence-corrected chi connectivity index (χ2v) is 4.95. The fourth-order valence-electron chi connectivity index (χ4n) is 1.05. The van der Waals surface area contributed by atoms with Gasteiger partial charge in [0.2, 0.25) is 0 Å². The third kappa shape index (κ3) is 3.03. The molecule has 0 aromatic heterocycles. The van der Waals surface area contributed by atoms with Gasteiger partial charge in [-0.25, -0.2) is 4.39 Å². The number of benzene rings is 1. The minimum Gasteiger partial charge on any atom is -0.387 e. The summed E-state index contributed by atoms with van der Waals surface area (Å²) in [6, 6.07) is 6.48. The molecule has 0 heterocycles. The third-order valence-electron chi connectivity index (χ3n) is 3.02. The molecule has 0 saturated heterocycles. The van der Waals surface area contributed by atoms with E-state index in [4.69, 9.17) is 4.74 Å². The van der Waals surface area contributed by atoms with Crippen LogP contribution in [0.25, 0.3) is 0 Å². The van der Waals surface area contributed by atoms with E-state index < -0.39 is 11.2 Å². The summed E-state index contributed by atoms with van der Waals surface area (Å²) >= 11 is 0. The zero-order valence-corrected chi connectivity index (χ0v) is 10.2. The summed E-state index contributed by atoms with van der Waals surface area (Å²) in [5, 5.41) is 9.87. The molecule has 0 atom stereocenters. The topological polar surface area (TPSA) is 29.5 Å². The molecule has 0 aliphatic carbocycles. The number of hydrogen-bond donors (Lipinski definition) is 1. The highest BCUT2D eigenvalue weighted by Crippen LogP contribution is 2.26. The molecular formula is C13H19FO2. The van der Waals surface area contributed by atoms with E-state index in [2.05, 4.69) is 0 Å². The molecular weight excluding hydrogens is 207 g/mol. The molecule has 1 aromatic rings. The van der Waals surface area contributed by atoms with Crippen molar-refractivity contribution in [3.63, 3.8) is 0 Å². The van der Waals surface area contributed by atoms with Crippen LogP contribution in [0.5, 0.6) is 0 Å². The maximum absolute atomic E-state index is 13.3. The minimum atomic E-state index is -0.974. The van der Waals surface area contributed by atoms with E-state index in [0.717, 1.165) is 0 Å². The molecule has 0 amide bonds. The van der Waals surface area contributed by atoms with E-state index in [-0.39, 0.29) is 12.4 Å². The zero-order chi connectivity index (χ0) is 12.4. The predicted octanol–water partition coefficient (Wildman–Crippen LogP) is 2.89. The fourth-order valence-corrected chi connectivity index (χ4v) is 1.05. The van der Waals surface area contributed by atoms with Crippen LogP contribution in [0.4, 0.5) is 4.39 Å². The van der Waals surface area contributed by atoms with E-state index in [1.165, 1.54) is 6.07 Å². The highest BCUT2D eigenvalue weighted by Gasteiger charge is 2.36. The number of halogens is 1. The van der Waals surface area contributed by atoms with E-state index >= 15 is 0 Å². The quantitative estimate of drug-likeness (QED) is 0.855. The van der Waals surface area contributed by atoms with Gasteiger partial charge < -0.3 is 9.84 Å². The third-order valence-corrected chi connectivity index (χ3v) is 3.02. The lowest BCUT2D eigenvalue weighted by atomic mass is 9.89. The smallest absolute Gasteiger partial charge is 0.128 e. The van der Waals surface area contributed by atoms with Crippen molar-refractivity contribution >= 4 is 0 Å². The van der Waals surface area contributed by atoms with Gasteiger partial charge >= 0.3 is 0 Å². The second kappa shape index (κ2) is 4.52. The van der Waals surface area contributed by atoms with Crippen LogP contribution in [0.15, 0.2) is 24.3 Å². The average molecular weight is 226 g/mol. The van der Waals surface area contributed by atoms with Gasteiger partial charge in [-0.3, -0.25) is 0 Å². The van der Waals surface area contributed by atoms with E-state index in [1.54, 1.807) is 45.9 Å². The highest BCUT2D eigenvalue weighted by atomic mass is 19.1. The Kier molecular flexibility index (Phi) is 3.71. The molecule has 0 saturated carbocycles. The predicted molar refractivity (Wildman–Crippen MR) is 61.6 cm³/mol. The van der Waals surface area contributed by atoms with Gasteiger partial charge in [0, 0.05) is 5.56 Å². The maximum atomic E-state index is 13.3. The zero-order valence-electron chi connectivity index (χ0n) is 10.2. The number of ether oxygens (including phenoxy) is 1. The number of aliphatic hydroxyl groups is 1. The first-order chi connectivity index (χ1) is 7.24. The standard InChI is InChI=1S/C13H19FO2/c1-12(2,15)13(3,4)16-9-10-7-5-6-8-11(10)14/h5-8,15H,9H2,1-4H3. The van der Waals surface area contributed by atoms with Gasteiger partial charge in [0.15, 0.2) is 0 Å². The normalized spacial score (nSPS) is 12.9. The average Bonchev–Trinajstić information content (AvgIpc) is 2.15. The summed E-state index contributed by atoms with van der Waals surface area (Å²) in [6.45, 7) is 7.08. The van der Waals surface area contributed by atoms with Crippen LogP contribution in [0.2, 0.25) is 0 Å².